The zero-order valence-corrected chi connectivity index (χ0v) is 14.3. The minimum Gasteiger partial charge on any atom is -0.462 e. The lowest BCUT2D eigenvalue weighted by atomic mass is 9.88. The maximum absolute atomic E-state index is 12.7. The third-order valence-electron chi connectivity index (χ3n) is 5.71. The highest BCUT2D eigenvalue weighted by atomic mass is 32.1. The second-order valence-corrected chi connectivity index (χ2v) is 8.16. The normalized spacial score (nSPS) is 28.0. The molecule has 1 heterocycles. The van der Waals surface area contributed by atoms with Gasteiger partial charge in [0, 0.05) is 10.8 Å². The van der Waals surface area contributed by atoms with Gasteiger partial charge in [-0.05, 0) is 62.8 Å². The third-order valence-corrected chi connectivity index (χ3v) is 6.92. The molecule has 3 atom stereocenters. The summed E-state index contributed by atoms with van der Waals surface area (Å²) in [5.41, 5.74) is 1.73. The summed E-state index contributed by atoms with van der Waals surface area (Å²) in [5, 5.41) is 3.81. The predicted octanol–water partition coefficient (Wildman–Crippen LogP) is 3.79. The van der Waals surface area contributed by atoms with Gasteiger partial charge in [-0.1, -0.05) is 6.42 Å². The van der Waals surface area contributed by atoms with Gasteiger partial charge in [0.15, 0.2) is 0 Å². The highest BCUT2D eigenvalue weighted by Gasteiger charge is 2.43. The highest BCUT2D eigenvalue weighted by molar-refractivity contribution is 7.17. The quantitative estimate of drug-likeness (QED) is 0.853. The smallest absolute Gasteiger partial charge is 0.341 e. The number of esters is 1. The minimum atomic E-state index is -0.282. The molecule has 1 amide bonds. The Bertz CT molecular complexity index is 651. The number of carbonyl (C=O) groups excluding carboxylic acids is 2. The van der Waals surface area contributed by atoms with Gasteiger partial charge < -0.3 is 10.1 Å². The van der Waals surface area contributed by atoms with E-state index in [1.54, 1.807) is 11.3 Å². The molecule has 0 aromatic carbocycles. The number of anilines is 1. The molecular formula is C18H23NO3S. The summed E-state index contributed by atoms with van der Waals surface area (Å²) in [5.74, 6) is 1.27. The maximum atomic E-state index is 12.7. The van der Waals surface area contributed by atoms with Crippen molar-refractivity contribution in [3.05, 3.63) is 16.0 Å². The van der Waals surface area contributed by atoms with Crippen molar-refractivity contribution >= 4 is 28.2 Å². The fourth-order valence-electron chi connectivity index (χ4n) is 4.68. The van der Waals surface area contributed by atoms with Crippen molar-refractivity contribution < 1.29 is 14.3 Å². The first-order valence-electron chi connectivity index (χ1n) is 8.80. The largest absolute Gasteiger partial charge is 0.462 e. The summed E-state index contributed by atoms with van der Waals surface area (Å²) < 4.78 is 5.23. The minimum absolute atomic E-state index is 0.114. The Hall–Kier alpha value is -1.36. The van der Waals surface area contributed by atoms with Gasteiger partial charge in [-0.25, -0.2) is 4.79 Å². The van der Waals surface area contributed by atoms with Gasteiger partial charge in [-0.2, -0.15) is 0 Å². The van der Waals surface area contributed by atoms with Crippen LogP contribution in [0.4, 0.5) is 5.00 Å². The number of aryl methyl sites for hydroxylation is 1. The number of thiophene rings is 1. The molecule has 0 spiro atoms. The third kappa shape index (κ3) is 2.59. The zero-order valence-electron chi connectivity index (χ0n) is 13.5. The van der Waals surface area contributed by atoms with E-state index in [-0.39, 0.29) is 17.8 Å². The lowest BCUT2D eigenvalue weighted by Gasteiger charge is -2.20. The van der Waals surface area contributed by atoms with E-state index < -0.39 is 0 Å². The van der Waals surface area contributed by atoms with Crippen LogP contribution in [0.15, 0.2) is 0 Å². The predicted molar refractivity (Wildman–Crippen MR) is 89.9 cm³/mol. The zero-order chi connectivity index (χ0) is 16.0. The van der Waals surface area contributed by atoms with Gasteiger partial charge in [0.25, 0.3) is 0 Å². The van der Waals surface area contributed by atoms with E-state index in [0.29, 0.717) is 18.1 Å². The van der Waals surface area contributed by atoms with Crippen molar-refractivity contribution in [3.63, 3.8) is 0 Å². The molecule has 5 heteroatoms. The molecule has 0 unspecified atom stereocenters. The van der Waals surface area contributed by atoms with Crippen LogP contribution in [0.5, 0.6) is 0 Å². The summed E-state index contributed by atoms with van der Waals surface area (Å²) in [7, 11) is 0. The molecule has 0 saturated heterocycles. The van der Waals surface area contributed by atoms with Crippen LogP contribution in [0.2, 0.25) is 0 Å². The lowest BCUT2D eigenvalue weighted by molar-refractivity contribution is -0.121. The van der Waals surface area contributed by atoms with Gasteiger partial charge in [-0.3, -0.25) is 4.79 Å². The number of amides is 1. The lowest BCUT2D eigenvalue weighted by Crippen LogP contribution is -2.27. The van der Waals surface area contributed by atoms with Gasteiger partial charge in [0.1, 0.15) is 5.00 Å². The van der Waals surface area contributed by atoms with Gasteiger partial charge in [0.05, 0.1) is 12.2 Å². The van der Waals surface area contributed by atoms with E-state index in [1.165, 1.54) is 24.1 Å². The molecule has 0 aliphatic heterocycles. The van der Waals surface area contributed by atoms with E-state index in [1.807, 2.05) is 6.92 Å². The van der Waals surface area contributed by atoms with Crippen molar-refractivity contribution in [3.8, 4) is 0 Å². The number of nitrogens with one attached hydrogen (secondary N) is 1. The second-order valence-electron chi connectivity index (χ2n) is 7.05. The standard InChI is InChI=1S/C18H23NO3S/c1-2-22-18(21)15-12-4-3-5-14(12)23-17(15)19-16(20)13-9-10-6-7-11(13)8-10/h10-11,13H,2-9H2,1H3,(H,19,20)/t10-,11-,13-/m0/s1. The summed E-state index contributed by atoms with van der Waals surface area (Å²) in [4.78, 5) is 26.3. The van der Waals surface area contributed by atoms with Crippen LogP contribution in [-0.4, -0.2) is 18.5 Å². The SMILES string of the molecule is CCOC(=O)c1c(NC(=O)[C@H]2C[C@H]3CC[C@H]2C3)sc2c1CCC2. The van der Waals surface area contributed by atoms with Gasteiger partial charge in [-0.15, -0.1) is 11.3 Å². The van der Waals surface area contributed by atoms with Crippen LogP contribution in [0.25, 0.3) is 0 Å². The molecule has 4 rings (SSSR count). The van der Waals surface area contributed by atoms with Crippen molar-refractivity contribution in [2.45, 2.75) is 51.9 Å². The summed E-state index contributed by atoms with van der Waals surface area (Å²) in [6, 6.07) is 0. The average molecular weight is 333 g/mol. The molecule has 2 bridgehead atoms. The number of hydrogen-bond acceptors (Lipinski definition) is 4. The Morgan fingerprint density at radius 2 is 2.13 bits per heavy atom. The summed E-state index contributed by atoms with van der Waals surface area (Å²) >= 11 is 1.58. The number of fused-ring (bicyclic) bond motifs is 3. The molecule has 0 radical (unpaired) electrons. The van der Waals surface area contributed by atoms with E-state index in [0.717, 1.165) is 42.2 Å². The highest BCUT2D eigenvalue weighted by Crippen LogP contribution is 2.49. The number of ether oxygens (including phenoxy) is 1. The Balaban J connectivity index is 1.56. The first-order chi connectivity index (χ1) is 11.2. The van der Waals surface area contributed by atoms with E-state index in [9.17, 15) is 9.59 Å². The first kappa shape index (κ1) is 15.2. The fraction of sp³-hybridized carbons (Fsp3) is 0.667. The van der Waals surface area contributed by atoms with E-state index >= 15 is 0 Å². The molecule has 2 fully saturated rings. The Labute approximate surface area is 140 Å². The van der Waals surface area contributed by atoms with Crippen molar-refractivity contribution in [1.29, 1.82) is 0 Å². The van der Waals surface area contributed by atoms with Gasteiger partial charge >= 0.3 is 5.97 Å². The van der Waals surface area contributed by atoms with Crippen LogP contribution < -0.4 is 5.32 Å². The molecule has 1 aromatic rings. The van der Waals surface area contributed by atoms with Crippen LogP contribution in [-0.2, 0) is 22.4 Å². The first-order valence-corrected chi connectivity index (χ1v) is 9.61. The summed E-state index contributed by atoms with van der Waals surface area (Å²) in [6.07, 6.45) is 7.74. The molecule has 23 heavy (non-hydrogen) atoms. The summed E-state index contributed by atoms with van der Waals surface area (Å²) in [6.45, 7) is 2.18. The van der Waals surface area contributed by atoms with Crippen molar-refractivity contribution in [1.82, 2.24) is 0 Å². The monoisotopic (exact) mass is 333 g/mol. The number of carbonyl (C=O) groups is 2. The topological polar surface area (TPSA) is 55.4 Å². The Morgan fingerprint density at radius 1 is 1.26 bits per heavy atom. The average Bonchev–Trinajstić information content (AvgIpc) is 3.27. The van der Waals surface area contributed by atoms with Crippen LogP contribution in [0.1, 0.15) is 59.8 Å². The Kier molecular flexibility index (Phi) is 3.92. The van der Waals surface area contributed by atoms with E-state index in [2.05, 4.69) is 5.32 Å². The number of rotatable bonds is 4. The Morgan fingerprint density at radius 3 is 2.83 bits per heavy atom. The van der Waals surface area contributed by atoms with Gasteiger partial charge in [0.2, 0.25) is 5.91 Å². The fourth-order valence-corrected chi connectivity index (χ4v) is 5.96. The molecule has 3 aliphatic carbocycles. The van der Waals surface area contributed by atoms with Crippen molar-refractivity contribution in [2.24, 2.45) is 17.8 Å². The molecular weight excluding hydrogens is 310 g/mol. The molecule has 124 valence electrons. The van der Waals surface area contributed by atoms with Crippen molar-refractivity contribution in [2.75, 3.05) is 11.9 Å². The molecule has 2 saturated carbocycles. The van der Waals surface area contributed by atoms with Crippen LogP contribution in [0.3, 0.4) is 0 Å². The maximum Gasteiger partial charge on any atom is 0.341 e. The second kappa shape index (κ2) is 5.93. The molecule has 3 aliphatic rings. The van der Waals surface area contributed by atoms with Crippen LogP contribution >= 0.6 is 11.3 Å². The molecule has 1 aromatic heterocycles. The van der Waals surface area contributed by atoms with E-state index in [4.69, 9.17) is 4.74 Å². The number of hydrogen-bond donors (Lipinski definition) is 1. The molecule has 1 N–H and O–H groups in total. The van der Waals surface area contributed by atoms with Crippen LogP contribution in [0, 0.1) is 17.8 Å². The molecule has 4 nitrogen and oxygen atoms in total.